The maximum absolute atomic E-state index is 14.4. The molecule has 0 radical (unpaired) electrons. The highest BCUT2D eigenvalue weighted by molar-refractivity contribution is 7.99. The molecule has 0 spiro atoms. The van der Waals surface area contributed by atoms with Crippen LogP contribution in [0.2, 0.25) is 0 Å². The van der Waals surface area contributed by atoms with Gasteiger partial charge in [0.25, 0.3) is 0 Å². The molecule has 0 bridgehead atoms. The fraction of sp³-hybridized carbons (Fsp3) is 0.250. The fourth-order valence-corrected chi connectivity index (χ4v) is 4.03. The predicted molar refractivity (Wildman–Crippen MR) is 103 cm³/mol. The Hall–Kier alpha value is -2.67. The van der Waals surface area contributed by atoms with Crippen LogP contribution in [0.25, 0.3) is 17.1 Å². The Morgan fingerprint density at radius 3 is 2.44 bits per heavy atom. The van der Waals surface area contributed by atoms with Gasteiger partial charge >= 0.3 is 0 Å². The minimum Gasteiger partial charge on any atom is -0.342 e. The summed E-state index contributed by atoms with van der Waals surface area (Å²) in [6, 6.07) is 16.1. The van der Waals surface area contributed by atoms with Crippen molar-refractivity contribution in [2.24, 2.45) is 0 Å². The summed E-state index contributed by atoms with van der Waals surface area (Å²) in [6.45, 7) is 1.65. The van der Waals surface area contributed by atoms with Crippen molar-refractivity contribution in [3.8, 4) is 17.1 Å². The molecule has 1 saturated heterocycles. The van der Waals surface area contributed by atoms with E-state index in [4.69, 9.17) is 0 Å². The Kier molecular flexibility index (Phi) is 5.20. The number of benzene rings is 2. The van der Waals surface area contributed by atoms with Crippen LogP contribution in [-0.2, 0) is 4.79 Å². The van der Waals surface area contributed by atoms with Gasteiger partial charge in [-0.25, -0.2) is 4.39 Å². The van der Waals surface area contributed by atoms with E-state index in [1.807, 2.05) is 35.2 Å². The molecule has 27 heavy (non-hydrogen) atoms. The third-order valence-corrected chi connectivity index (χ3v) is 5.46. The Labute approximate surface area is 161 Å². The number of hydrogen-bond donors (Lipinski definition) is 0. The molecule has 1 aromatic heterocycles. The molecule has 5 nitrogen and oxygen atoms in total. The number of amides is 1. The lowest BCUT2D eigenvalue weighted by molar-refractivity contribution is -0.127. The van der Waals surface area contributed by atoms with Gasteiger partial charge in [0.05, 0.1) is 11.3 Å². The molecule has 1 fully saturated rings. The van der Waals surface area contributed by atoms with E-state index in [1.165, 1.54) is 17.8 Å². The highest BCUT2D eigenvalue weighted by atomic mass is 32.2. The Morgan fingerprint density at radius 2 is 1.70 bits per heavy atom. The monoisotopic (exact) mass is 382 g/mol. The second-order valence-corrected chi connectivity index (χ2v) is 7.28. The van der Waals surface area contributed by atoms with Crippen LogP contribution in [0.5, 0.6) is 0 Å². The van der Waals surface area contributed by atoms with E-state index in [0.29, 0.717) is 22.3 Å². The lowest BCUT2D eigenvalue weighted by Gasteiger charge is -2.15. The van der Waals surface area contributed by atoms with Crippen molar-refractivity contribution in [2.75, 3.05) is 18.8 Å². The van der Waals surface area contributed by atoms with Crippen LogP contribution in [0.1, 0.15) is 12.8 Å². The number of aromatic nitrogens is 3. The Morgan fingerprint density at radius 1 is 1.00 bits per heavy atom. The third-order valence-electron chi connectivity index (χ3n) is 4.55. The highest BCUT2D eigenvalue weighted by Crippen LogP contribution is 2.29. The summed E-state index contributed by atoms with van der Waals surface area (Å²) >= 11 is 1.33. The van der Waals surface area contributed by atoms with E-state index in [2.05, 4.69) is 10.2 Å². The van der Waals surface area contributed by atoms with E-state index < -0.39 is 0 Å². The second-order valence-electron chi connectivity index (χ2n) is 6.33. The van der Waals surface area contributed by atoms with Gasteiger partial charge in [-0.15, -0.1) is 10.2 Å². The zero-order chi connectivity index (χ0) is 18.6. The predicted octanol–water partition coefficient (Wildman–Crippen LogP) is 3.79. The van der Waals surface area contributed by atoms with Gasteiger partial charge in [0.15, 0.2) is 11.0 Å². The molecular weight excluding hydrogens is 363 g/mol. The van der Waals surface area contributed by atoms with Crippen LogP contribution in [-0.4, -0.2) is 44.4 Å². The molecule has 1 amide bonds. The van der Waals surface area contributed by atoms with Crippen molar-refractivity contribution >= 4 is 17.7 Å². The molecule has 7 heteroatoms. The van der Waals surface area contributed by atoms with Crippen LogP contribution >= 0.6 is 11.8 Å². The Balaban J connectivity index is 1.67. The van der Waals surface area contributed by atoms with Crippen molar-refractivity contribution in [3.05, 3.63) is 60.4 Å². The van der Waals surface area contributed by atoms with E-state index >= 15 is 0 Å². The van der Waals surface area contributed by atoms with E-state index in [9.17, 15) is 9.18 Å². The number of carbonyl (C=O) groups is 1. The molecule has 0 unspecified atom stereocenters. The summed E-state index contributed by atoms with van der Waals surface area (Å²) in [4.78, 5) is 14.3. The molecule has 0 saturated carbocycles. The third kappa shape index (κ3) is 3.73. The smallest absolute Gasteiger partial charge is 0.233 e. The summed E-state index contributed by atoms with van der Waals surface area (Å²) in [7, 11) is 0. The number of para-hydroxylation sites is 1. The zero-order valence-corrected chi connectivity index (χ0v) is 15.5. The van der Waals surface area contributed by atoms with Crippen LogP contribution in [0.15, 0.2) is 59.8 Å². The van der Waals surface area contributed by atoms with Gasteiger partial charge in [-0.2, -0.15) is 0 Å². The van der Waals surface area contributed by atoms with Crippen LogP contribution in [0.3, 0.4) is 0 Å². The molecule has 2 heterocycles. The minimum absolute atomic E-state index is 0.104. The van der Waals surface area contributed by atoms with E-state index in [0.717, 1.165) is 31.6 Å². The summed E-state index contributed by atoms with van der Waals surface area (Å²) in [6.07, 6.45) is 2.13. The lowest BCUT2D eigenvalue weighted by atomic mass is 10.2. The SMILES string of the molecule is O=C(CSc1nnc(-c2ccccc2F)n1-c1ccccc1)N1CCCC1. The molecular formula is C20H19FN4OS. The van der Waals surface area contributed by atoms with Gasteiger partial charge in [-0.05, 0) is 37.1 Å². The minimum atomic E-state index is -0.355. The van der Waals surface area contributed by atoms with Crippen LogP contribution in [0.4, 0.5) is 4.39 Å². The number of thioether (sulfide) groups is 1. The maximum Gasteiger partial charge on any atom is 0.233 e. The number of likely N-dealkylation sites (tertiary alicyclic amines) is 1. The average Bonchev–Trinajstić information content (AvgIpc) is 3.37. The molecule has 1 aliphatic heterocycles. The topological polar surface area (TPSA) is 51.0 Å². The molecule has 1 aliphatic rings. The van der Waals surface area contributed by atoms with Gasteiger partial charge in [0, 0.05) is 18.8 Å². The van der Waals surface area contributed by atoms with Gasteiger partial charge in [-0.3, -0.25) is 9.36 Å². The fourth-order valence-electron chi connectivity index (χ4n) is 3.17. The first-order valence-electron chi connectivity index (χ1n) is 8.90. The number of halogens is 1. The number of carbonyl (C=O) groups excluding carboxylic acids is 1. The first kappa shape index (κ1) is 17.7. The first-order valence-corrected chi connectivity index (χ1v) is 9.89. The standard InChI is InChI=1S/C20H19FN4OS/c21-17-11-5-4-10-16(17)19-22-23-20(25(19)15-8-2-1-3-9-15)27-14-18(26)24-12-6-7-13-24/h1-5,8-11H,6-7,12-14H2. The normalized spacial score (nSPS) is 13.9. The first-order chi connectivity index (χ1) is 13.2. The van der Waals surface area contributed by atoms with Crippen molar-refractivity contribution in [1.82, 2.24) is 19.7 Å². The van der Waals surface area contributed by atoms with Gasteiger partial charge < -0.3 is 4.90 Å². The summed E-state index contributed by atoms with van der Waals surface area (Å²) in [5, 5.41) is 9.05. The highest BCUT2D eigenvalue weighted by Gasteiger charge is 2.22. The number of rotatable bonds is 5. The number of hydrogen-bond acceptors (Lipinski definition) is 4. The molecule has 0 N–H and O–H groups in total. The van der Waals surface area contributed by atoms with Crippen molar-refractivity contribution in [2.45, 2.75) is 18.0 Å². The largest absolute Gasteiger partial charge is 0.342 e. The number of nitrogens with zero attached hydrogens (tertiary/aromatic N) is 4. The maximum atomic E-state index is 14.4. The molecule has 3 aromatic rings. The van der Waals surface area contributed by atoms with E-state index in [-0.39, 0.29) is 11.7 Å². The average molecular weight is 382 g/mol. The zero-order valence-electron chi connectivity index (χ0n) is 14.7. The van der Waals surface area contributed by atoms with Crippen molar-refractivity contribution < 1.29 is 9.18 Å². The van der Waals surface area contributed by atoms with Crippen LogP contribution in [0, 0.1) is 5.82 Å². The van der Waals surface area contributed by atoms with Gasteiger partial charge in [-0.1, -0.05) is 42.1 Å². The summed E-state index contributed by atoms with van der Waals surface area (Å²) in [5.41, 5.74) is 1.21. The molecule has 4 rings (SSSR count). The summed E-state index contributed by atoms with van der Waals surface area (Å²) < 4.78 is 16.2. The van der Waals surface area contributed by atoms with Crippen LogP contribution < -0.4 is 0 Å². The second kappa shape index (κ2) is 7.92. The molecule has 2 aromatic carbocycles. The molecule has 0 atom stereocenters. The molecule has 138 valence electrons. The molecule has 0 aliphatic carbocycles. The van der Waals surface area contributed by atoms with Gasteiger partial charge in [0.2, 0.25) is 5.91 Å². The Bertz CT molecular complexity index is 938. The lowest BCUT2D eigenvalue weighted by Crippen LogP contribution is -2.29. The quantitative estimate of drug-likeness (QED) is 0.630. The van der Waals surface area contributed by atoms with E-state index in [1.54, 1.807) is 22.8 Å². The summed E-state index contributed by atoms with van der Waals surface area (Å²) in [5.74, 6) is 0.470. The van der Waals surface area contributed by atoms with Gasteiger partial charge in [0.1, 0.15) is 5.82 Å². The van der Waals surface area contributed by atoms with Crippen molar-refractivity contribution in [3.63, 3.8) is 0 Å². The van der Waals surface area contributed by atoms with Crippen molar-refractivity contribution in [1.29, 1.82) is 0 Å².